The molecule has 2 nitrogen and oxygen atoms in total. The second-order valence-corrected chi connectivity index (χ2v) is 4.48. The Morgan fingerprint density at radius 1 is 1.38 bits per heavy atom. The minimum Gasteiger partial charge on any atom is -0.398 e. The van der Waals surface area contributed by atoms with Crippen LogP contribution < -0.4 is 5.73 Å². The summed E-state index contributed by atoms with van der Waals surface area (Å²) in [5, 5.41) is 0. The predicted octanol–water partition coefficient (Wildman–Crippen LogP) is 3.11. The Kier molecular flexibility index (Phi) is 3.78. The molecule has 3 heteroatoms. The molecule has 0 bridgehead atoms. The average Bonchev–Trinajstić information content (AvgIpc) is 2.18. The topological polar surface area (TPSA) is 35.2 Å². The molecule has 0 saturated heterocycles. The van der Waals surface area contributed by atoms with Crippen molar-refractivity contribution in [3.63, 3.8) is 0 Å². The van der Waals surface area contributed by atoms with Crippen molar-refractivity contribution < 1.29 is 9.13 Å². The highest BCUT2D eigenvalue weighted by Crippen LogP contribution is 2.29. The molecule has 1 aliphatic rings. The Morgan fingerprint density at radius 2 is 2.19 bits per heavy atom. The van der Waals surface area contributed by atoms with Crippen molar-refractivity contribution in [1.29, 1.82) is 0 Å². The van der Waals surface area contributed by atoms with Crippen molar-refractivity contribution in [2.75, 3.05) is 12.3 Å². The van der Waals surface area contributed by atoms with Crippen LogP contribution in [0.1, 0.15) is 31.2 Å². The molecule has 2 rings (SSSR count). The summed E-state index contributed by atoms with van der Waals surface area (Å²) in [6.07, 6.45) is 5.21. The highest BCUT2D eigenvalue weighted by atomic mass is 19.1. The second-order valence-electron chi connectivity index (χ2n) is 4.48. The van der Waals surface area contributed by atoms with Crippen molar-refractivity contribution in [2.24, 2.45) is 5.92 Å². The third-order valence-electron chi connectivity index (χ3n) is 3.26. The Morgan fingerprint density at radius 3 is 2.81 bits per heavy atom. The molecule has 0 amide bonds. The van der Waals surface area contributed by atoms with Gasteiger partial charge in [0.25, 0.3) is 0 Å². The molecule has 0 unspecified atom stereocenters. The highest BCUT2D eigenvalue weighted by molar-refractivity contribution is 5.46. The van der Waals surface area contributed by atoms with Gasteiger partial charge in [0.2, 0.25) is 0 Å². The van der Waals surface area contributed by atoms with Gasteiger partial charge in [0.15, 0.2) is 0 Å². The average molecular weight is 223 g/mol. The largest absolute Gasteiger partial charge is 0.398 e. The lowest BCUT2D eigenvalue weighted by Crippen LogP contribution is -2.13. The van der Waals surface area contributed by atoms with E-state index < -0.39 is 0 Å². The van der Waals surface area contributed by atoms with E-state index in [1.165, 1.54) is 31.4 Å². The fraction of sp³-hybridized carbons (Fsp3) is 0.538. The van der Waals surface area contributed by atoms with Crippen LogP contribution in [0.25, 0.3) is 0 Å². The lowest BCUT2D eigenvalue weighted by Gasteiger charge is -2.24. The van der Waals surface area contributed by atoms with Gasteiger partial charge in [-0.3, -0.25) is 0 Å². The van der Waals surface area contributed by atoms with Crippen molar-refractivity contribution >= 4 is 5.69 Å². The van der Waals surface area contributed by atoms with Gasteiger partial charge in [0.1, 0.15) is 5.82 Å². The van der Waals surface area contributed by atoms with Crippen LogP contribution in [0.4, 0.5) is 10.1 Å². The number of nitrogens with two attached hydrogens (primary N) is 1. The SMILES string of the molecule is Nc1cc(F)ccc1COCCC1CCC1. The molecule has 1 aromatic carbocycles. The number of nitrogen functional groups attached to an aromatic ring is 1. The van der Waals surface area contributed by atoms with Crippen molar-refractivity contribution in [3.8, 4) is 0 Å². The van der Waals surface area contributed by atoms with Gasteiger partial charge >= 0.3 is 0 Å². The molecule has 16 heavy (non-hydrogen) atoms. The van der Waals surface area contributed by atoms with E-state index in [0.717, 1.165) is 24.5 Å². The van der Waals surface area contributed by atoms with Crippen LogP contribution in [0.3, 0.4) is 0 Å². The maximum atomic E-state index is 12.8. The van der Waals surface area contributed by atoms with E-state index in [1.54, 1.807) is 6.07 Å². The van der Waals surface area contributed by atoms with Crippen LogP contribution in [-0.2, 0) is 11.3 Å². The zero-order chi connectivity index (χ0) is 11.4. The molecular formula is C13H18FNO. The summed E-state index contributed by atoms with van der Waals surface area (Å²) in [6.45, 7) is 1.26. The van der Waals surface area contributed by atoms with E-state index in [0.29, 0.717) is 12.3 Å². The van der Waals surface area contributed by atoms with Crippen molar-refractivity contribution in [2.45, 2.75) is 32.3 Å². The first kappa shape index (κ1) is 11.4. The first-order valence-electron chi connectivity index (χ1n) is 5.87. The van der Waals surface area contributed by atoms with Crippen LogP contribution in [-0.4, -0.2) is 6.61 Å². The van der Waals surface area contributed by atoms with Gasteiger partial charge in [-0.1, -0.05) is 25.3 Å². The summed E-state index contributed by atoms with van der Waals surface area (Å²) in [5.74, 6) is 0.571. The molecule has 0 aliphatic heterocycles. The van der Waals surface area contributed by atoms with Crippen LogP contribution >= 0.6 is 0 Å². The van der Waals surface area contributed by atoms with Crippen LogP contribution in [0.2, 0.25) is 0 Å². The Hall–Kier alpha value is -1.09. The summed E-state index contributed by atoms with van der Waals surface area (Å²) in [6, 6.07) is 4.44. The molecule has 0 spiro atoms. The zero-order valence-electron chi connectivity index (χ0n) is 9.42. The number of hydrogen-bond donors (Lipinski definition) is 1. The maximum absolute atomic E-state index is 12.8. The van der Waals surface area contributed by atoms with Crippen molar-refractivity contribution in [1.82, 2.24) is 0 Å². The Bertz CT molecular complexity index is 350. The minimum atomic E-state index is -0.296. The van der Waals surface area contributed by atoms with Gasteiger partial charge < -0.3 is 10.5 Å². The summed E-state index contributed by atoms with van der Waals surface area (Å²) >= 11 is 0. The normalized spacial score (nSPS) is 16.1. The highest BCUT2D eigenvalue weighted by Gasteiger charge is 2.16. The number of ether oxygens (including phenoxy) is 1. The standard InChI is InChI=1S/C13H18FNO/c14-12-5-4-11(13(15)8-12)9-16-7-6-10-2-1-3-10/h4-5,8,10H,1-3,6-7,9,15H2. The van der Waals surface area contributed by atoms with E-state index in [4.69, 9.17) is 10.5 Å². The fourth-order valence-corrected chi connectivity index (χ4v) is 1.91. The molecule has 1 aliphatic carbocycles. The summed E-state index contributed by atoms with van der Waals surface area (Å²) in [5.41, 5.74) is 7.03. The first-order valence-corrected chi connectivity index (χ1v) is 5.87. The molecule has 0 aromatic heterocycles. The molecule has 1 fully saturated rings. The molecule has 0 radical (unpaired) electrons. The first-order chi connectivity index (χ1) is 7.75. The van der Waals surface area contributed by atoms with Gasteiger partial charge in [-0.2, -0.15) is 0 Å². The van der Waals surface area contributed by atoms with E-state index in [1.807, 2.05) is 0 Å². The minimum absolute atomic E-state index is 0.296. The zero-order valence-corrected chi connectivity index (χ0v) is 9.42. The fourth-order valence-electron chi connectivity index (χ4n) is 1.91. The van der Waals surface area contributed by atoms with Crippen molar-refractivity contribution in [3.05, 3.63) is 29.6 Å². The molecule has 0 heterocycles. The molecule has 1 saturated carbocycles. The van der Waals surface area contributed by atoms with E-state index >= 15 is 0 Å². The predicted molar refractivity (Wildman–Crippen MR) is 62.4 cm³/mol. The summed E-state index contributed by atoms with van der Waals surface area (Å²) in [7, 11) is 0. The van der Waals surface area contributed by atoms with Gasteiger partial charge in [0.05, 0.1) is 6.61 Å². The quantitative estimate of drug-likeness (QED) is 0.615. The molecule has 2 N–H and O–H groups in total. The molecular weight excluding hydrogens is 205 g/mol. The molecule has 1 aromatic rings. The Balaban J connectivity index is 1.71. The maximum Gasteiger partial charge on any atom is 0.125 e. The second kappa shape index (κ2) is 5.30. The number of anilines is 1. The molecule has 0 atom stereocenters. The van der Waals surface area contributed by atoms with E-state index in [-0.39, 0.29) is 5.82 Å². The lowest BCUT2D eigenvalue weighted by atomic mass is 9.83. The lowest BCUT2D eigenvalue weighted by molar-refractivity contribution is 0.0953. The number of halogens is 1. The monoisotopic (exact) mass is 223 g/mol. The Labute approximate surface area is 95.6 Å². The number of benzene rings is 1. The number of hydrogen-bond acceptors (Lipinski definition) is 2. The van der Waals surface area contributed by atoms with Gasteiger partial charge in [-0.15, -0.1) is 0 Å². The number of rotatable bonds is 5. The third kappa shape index (κ3) is 2.95. The van der Waals surface area contributed by atoms with Crippen LogP contribution in [0.15, 0.2) is 18.2 Å². The summed E-state index contributed by atoms with van der Waals surface area (Å²) in [4.78, 5) is 0. The molecule has 88 valence electrons. The van der Waals surface area contributed by atoms with Crippen LogP contribution in [0.5, 0.6) is 0 Å². The van der Waals surface area contributed by atoms with Gasteiger partial charge in [-0.05, 0) is 24.5 Å². The van der Waals surface area contributed by atoms with E-state index in [9.17, 15) is 4.39 Å². The van der Waals surface area contributed by atoms with E-state index in [2.05, 4.69) is 0 Å². The third-order valence-corrected chi connectivity index (χ3v) is 3.26. The van der Waals surface area contributed by atoms with Crippen LogP contribution in [0, 0.1) is 11.7 Å². The van der Waals surface area contributed by atoms with Gasteiger partial charge in [0, 0.05) is 17.9 Å². The van der Waals surface area contributed by atoms with Gasteiger partial charge in [-0.25, -0.2) is 4.39 Å². The summed E-state index contributed by atoms with van der Waals surface area (Å²) < 4.78 is 18.3. The smallest absolute Gasteiger partial charge is 0.125 e.